The molecule has 0 fully saturated rings. The van der Waals surface area contributed by atoms with Crippen molar-refractivity contribution in [3.63, 3.8) is 0 Å². The molecule has 0 saturated heterocycles. The van der Waals surface area contributed by atoms with Crippen molar-refractivity contribution in [2.24, 2.45) is 10.4 Å². The average molecular weight is 378 g/mol. The first-order chi connectivity index (χ1) is 13.6. The van der Waals surface area contributed by atoms with Crippen LogP contribution in [-0.4, -0.2) is 35.6 Å². The zero-order valence-corrected chi connectivity index (χ0v) is 16.1. The second kappa shape index (κ2) is 7.59. The highest BCUT2D eigenvalue weighted by Gasteiger charge is 2.19. The van der Waals surface area contributed by atoms with Crippen LogP contribution in [0.5, 0.6) is 11.6 Å². The van der Waals surface area contributed by atoms with Crippen LogP contribution in [0.15, 0.2) is 65.2 Å². The van der Waals surface area contributed by atoms with Gasteiger partial charge >= 0.3 is 0 Å². The molecule has 0 amide bonds. The number of anilines is 1. The van der Waals surface area contributed by atoms with Gasteiger partial charge in [0, 0.05) is 24.9 Å². The van der Waals surface area contributed by atoms with Crippen LogP contribution in [0.2, 0.25) is 0 Å². The molecule has 28 heavy (non-hydrogen) atoms. The molecule has 4 rings (SSSR count). The van der Waals surface area contributed by atoms with E-state index in [1.807, 2.05) is 60.7 Å². The number of methoxy groups -OCH3 is 1. The maximum absolute atomic E-state index is 5.98. The first-order valence-electron chi connectivity index (χ1n) is 8.95. The lowest BCUT2D eigenvalue weighted by molar-refractivity contribution is 0.291. The first-order valence-corrected chi connectivity index (χ1v) is 8.95. The SMILES string of the molecule is COc1ccc(-n2ccc(OCc3c(C)cccc3N3CN(C)N=N3)n2)cc1. The van der Waals surface area contributed by atoms with E-state index in [1.165, 1.54) is 0 Å². The van der Waals surface area contributed by atoms with E-state index in [1.54, 1.807) is 16.8 Å². The minimum absolute atomic E-state index is 0.400. The summed E-state index contributed by atoms with van der Waals surface area (Å²) in [4.78, 5) is 0. The van der Waals surface area contributed by atoms with Crippen LogP contribution in [0.1, 0.15) is 11.1 Å². The van der Waals surface area contributed by atoms with Crippen molar-refractivity contribution in [3.05, 3.63) is 65.9 Å². The second-order valence-corrected chi connectivity index (χ2v) is 6.54. The molecule has 2 aromatic carbocycles. The number of nitrogens with zero attached hydrogens (tertiary/aromatic N) is 6. The van der Waals surface area contributed by atoms with Gasteiger partial charge in [0.15, 0.2) is 0 Å². The summed E-state index contributed by atoms with van der Waals surface area (Å²) >= 11 is 0. The molecule has 0 saturated carbocycles. The summed E-state index contributed by atoms with van der Waals surface area (Å²) in [5.41, 5.74) is 4.13. The Morgan fingerprint density at radius 3 is 2.57 bits per heavy atom. The van der Waals surface area contributed by atoms with Crippen LogP contribution >= 0.6 is 0 Å². The van der Waals surface area contributed by atoms with E-state index in [0.717, 1.165) is 28.3 Å². The molecule has 3 aromatic rings. The number of aromatic nitrogens is 2. The van der Waals surface area contributed by atoms with E-state index in [0.29, 0.717) is 19.2 Å². The predicted molar refractivity (Wildman–Crippen MR) is 106 cm³/mol. The largest absolute Gasteiger partial charge is 0.497 e. The van der Waals surface area contributed by atoms with Gasteiger partial charge in [0.2, 0.25) is 5.88 Å². The molecule has 1 aliphatic heterocycles. The third-order valence-corrected chi connectivity index (χ3v) is 4.57. The Morgan fingerprint density at radius 2 is 1.86 bits per heavy atom. The summed E-state index contributed by atoms with van der Waals surface area (Å²) in [6, 6.07) is 15.7. The van der Waals surface area contributed by atoms with Crippen molar-refractivity contribution < 1.29 is 9.47 Å². The van der Waals surface area contributed by atoms with Gasteiger partial charge in [-0.05, 0) is 48.0 Å². The first kappa shape index (κ1) is 17.8. The monoisotopic (exact) mass is 378 g/mol. The van der Waals surface area contributed by atoms with Gasteiger partial charge in [0.25, 0.3) is 0 Å². The highest BCUT2D eigenvalue weighted by atomic mass is 16.5. The van der Waals surface area contributed by atoms with Gasteiger partial charge in [-0.2, -0.15) is 0 Å². The summed E-state index contributed by atoms with van der Waals surface area (Å²) in [5, 5.41) is 16.4. The van der Waals surface area contributed by atoms with Crippen molar-refractivity contribution in [3.8, 4) is 17.3 Å². The summed E-state index contributed by atoms with van der Waals surface area (Å²) < 4.78 is 12.9. The Labute approximate surface area is 163 Å². The van der Waals surface area contributed by atoms with Gasteiger partial charge in [-0.3, -0.25) is 5.01 Å². The highest BCUT2D eigenvalue weighted by molar-refractivity contribution is 5.56. The van der Waals surface area contributed by atoms with Crippen LogP contribution < -0.4 is 14.5 Å². The van der Waals surface area contributed by atoms with E-state index in [9.17, 15) is 0 Å². The molecule has 8 nitrogen and oxygen atoms in total. The minimum Gasteiger partial charge on any atom is -0.497 e. The van der Waals surface area contributed by atoms with E-state index >= 15 is 0 Å². The molecule has 0 aliphatic carbocycles. The topological polar surface area (TPSA) is 67.5 Å². The second-order valence-electron chi connectivity index (χ2n) is 6.54. The zero-order valence-electron chi connectivity index (χ0n) is 16.1. The van der Waals surface area contributed by atoms with Gasteiger partial charge in [0.1, 0.15) is 19.0 Å². The predicted octanol–water partition coefficient (Wildman–Crippen LogP) is 3.76. The fraction of sp³-hybridized carbons (Fsp3) is 0.250. The van der Waals surface area contributed by atoms with Gasteiger partial charge in [-0.1, -0.05) is 17.4 Å². The number of aryl methyl sites for hydroxylation is 1. The summed E-state index contributed by atoms with van der Waals surface area (Å²) in [7, 11) is 3.54. The maximum atomic E-state index is 5.98. The van der Waals surface area contributed by atoms with E-state index < -0.39 is 0 Å². The molecule has 0 spiro atoms. The minimum atomic E-state index is 0.400. The number of hydrogen-bond donors (Lipinski definition) is 0. The quantitative estimate of drug-likeness (QED) is 0.653. The van der Waals surface area contributed by atoms with Crippen LogP contribution in [0.25, 0.3) is 5.69 Å². The molecule has 0 atom stereocenters. The highest BCUT2D eigenvalue weighted by Crippen LogP contribution is 2.28. The molecular formula is C20H22N6O2. The van der Waals surface area contributed by atoms with Gasteiger partial charge in [-0.25, -0.2) is 9.69 Å². The standard InChI is InChI=1S/C20H22N6O2/c1-15-5-4-6-19(26-14-24(2)22-23-26)18(15)13-28-20-11-12-25(21-20)16-7-9-17(27-3)10-8-16/h4-12H,13-14H2,1-3H3. The smallest absolute Gasteiger partial charge is 0.233 e. The molecule has 0 bridgehead atoms. The van der Waals surface area contributed by atoms with Crippen LogP contribution in [-0.2, 0) is 6.61 Å². The van der Waals surface area contributed by atoms with E-state index in [2.05, 4.69) is 28.5 Å². The van der Waals surface area contributed by atoms with Gasteiger partial charge in [0.05, 0.1) is 18.5 Å². The number of benzene rings is 2. The Bertz CT molecular complexity index is 983. The molecule has 0 unspecified atom stereocenters. The third-order valence-electron chi connectivity index (χ3n) is 4.57. The summed E-state index contributed by atoms with van der Waals surface area (Å²) in [5.74, 6) is 1.37. The summed E-state index contributed by atoms with van der Waals surface area (Å²) in [6.45, 7) is 3.08. The molecular weight excluding hydrogens is 356 g/mol. The molecule has 8 heteroatoms. The Balaban J connectivity index is 1.49. The molecule has 1 aromatic heterocycles. The molecule has 0 radical (unpaired) electrons. The van der Waals surface area contributed by atoms with Gasteiger partial charge in [-0.15, -0.1) is 5.10 Å². The maximum Gasteiger partial charge on any atom is 0.233 e. The van der Waals surface area contributed by atoms with Crippen molar-refractivity contribution >= 4 is 5.69 Å². The lowest BCUT2D eigenvalue weighted by Gasteiger charge is -2.19. The van der Waals surface area contributed by atoms with Crippen molar-refractivity contribution in [1.29, 1.82) is 0 Å². The lowest BCUT2D eigenvalue weighted by atomic mass is 10.1. The lowest BCUT2D eigenvalue weighted by Crippen LogP contribution is -2.23. The number of rotatable bonds is 6. The van der Waals surface area contributed by atoms with Gasteiger partial charge < -0.3 is 9.47 Å². The van der Waals surface area contributed by atoms with Crippen LogP contribution in [0.3, 0.4) is 0 Å². The van der Waals surface area contributed by atoms with Crippen molar-refractivity contribution in [2.45, 2.75) is 13.5 Å². The Morgan fingerprint density at radius 1 is 1.04 bits per heavy atom. The zero-order chi connectivity index (χ0) is 19.5. The van der Waals surface area contributed by atoms with E-state index in [4.69, 9.17) is 9.47 Å². The van der Waals surface area contributed by atoms with Crippen molar-refractivity contribution in [1.82, 2.24) is 14.8 Å². The number of hydrogen-bond acceptors (Lipinski definition) is 7. The fourth-order valence-electron chi connectivity index (χ4n) is 3.02. The van der Waals surface area contributed by atoms with Crippen molar-refractivity contribution in [2.75, 3.05) is 25.8 Å². The third kappa shape index (κ3) is 3.62. The van der Waals surface area contributed by atoms with Crippen LogP contribution in [0.4, 0.5) is 5.69 Å². The van der Waals surface area contributed by atoms with E-state index in [-0.39, 0.29) is 0 Å². The molecule has 1 aliphatic rings. The molecule has 144 valence electrons. The normalized spacial score (nSPS) is 13.2. The average Bonchev–Trinajstić information content (AvgIpc) is 3.36. The number of ether oxygens (including phenoxy) is 2. The summed E-state index contributed by atoms with van der Waals surface area (Å²) in [6.07, 6.45) is 1.87. The fourth-order valence-corrected chi connectivity index (χ4v) is 3.02. The molecule has 0 N–H and O–H groups in total. The Kier molecular flexibility index (Phi) is 4.84. The Hall–Kier alpha value is -3.55. The molecule has 2 heterocycles. The van der Waals surface area contributed by atoms with Crippen LogP contribution in [0, 0.1) is 6.92 Å².